The van der Waals surface area contributed by atoms with Crippen LogP contribution < -0.4 is 5.32 Å². The Hall–Kier alpha value is -1.79. The smallest absolute Gasteiger partial charge is 0.326 e. The van der Waals surface area contributed by atoms with E-state index in [1.165, 1.54) is 0 Å². The molecule has 0 aromatic heterocycles. The molecular weight excluding hydrogens is 274 g/mol. The molecule has 7 nitrogen and oxygen atoms in total. The highest BCUT2D eigenvalue weighted by atomic mass is 16.4. The van der Waals surface area contributed by atoms with Crippen molar-refractivity contribution in [1.29, 1.82) is 0 Å². The second kappa shape index (κ2) is 6.32. The molecule has 0 saturated carbocycles. The molecule has 3 amide bonds. The Kier molecular flexibility index (Phi) is 4.69. The number of hydrogen-bond donors (Lipinski definition) is 2. The molecule has 118 valence electrons. The monoisotopic (exact) mass is 297 g/mol. The van der Waals surface area contributed by atoms with E-state index in [1.807, 2.05) is 18.7 Å². The maximum absolute atomic E-state index is 12.3. The topological polar surface area (TPSA) is 90.0 Å². The van der Waals surface area contributed by atoms with Crippen molar-refractivity contribution in [2.75, 3.05) is 19.6 Å². The van der Waals surface area contributed by atoms with Gasteiger partial charge in [-0.3, -0.25) is 4.79 Å². The fourth-order valence-electron chi connectivity index (χ4n) is 2.96. The van der Waals surface area contributed by atoms with E-state index in [0.717, 1.165) is 6.42 Å². The number of rotatable bonds is 4. The molecule has 2 N–H and O–H groups in total. The summed E-state index contributed by atoms with van der Waals surface area (Å²) in [6.07, 6.45) is 2.00. The molecule has 0 aromatic carbocycles. The van der Waals surface area contributed by atoms with E-state index in [-0.39, 0.29) is 23.9 Å². The number of amides is 3. The summed E-state index contributed by atoms with van der Waals surface area (Å²) in [5.74, 6) is -0.976. The largest absolute Gasteiger partial charge is 0.480 e. The predicted molar refractivity (Wildman–Crippen MR) is 75.7 cm³/mol. The summed E-state index contributed by atoms with van der Waals surface area (Å²) in [5.41, 5.74) is 0. The number of carboxylic acid groups (broad SMARTS) is 1. The van der Waals surface area contributed by atoms with E-state index < -0.39 is 12.0 Å². The summed E-state index contributed by atoms with van der Waals surface area (Å²) < 4.78 is 0. The minimum Gasteiger partial charge on any atom is -0.480 e. The third kappa shape index (κ3) is 3.28. The molecule has 2 heterocycles. The van der Waals surface area contributed by atoms with Gasteiger partial charge in [-0.25, -0.2) is 9.59 Å². The van der Waals surface area contributed by atoms with Crippen LogP contribution in [0.4, 0.5) is 4.79 Å². The quantitative estimate of drug-likeness (QED) is 0.791. The third-order valence-electron chi connectivity index (χ3n) is 4.54. The van der Waals surface area contributed by atoms with Crippen LogP contribution in [0, 0.1) is 5.92 Å². The maximum atomic E-state index is 12.3. The first-order valence-corrected chi connectivity index (χ1v) is 7.51. The highest BCUT2D eigenvalue weighted by molar-refractivity contribution is 5.83. The van der Waals surface area contributed by atoms with Crippen molar-refractivity contribution in [3.05, 3.63) is 0 Å². The van der Waals surface area contributed by atoms with Crippen LogP contribution in [0.5, 0.6) is 0 Å². The number of hydrogen-bond acceptors (Lipinski definition) is 3. The van der Waals surface area contributed by atoms with Gasteiger partial charge in [0.05, 0.1) is 0 Å². The lowest BCUT2D eigenvalue weighted by Gasteiger charge is -2.38. The van der Waals surface area contributed by atoms with Gasteiger partial charge in [0, 0.05) is 32.1 Å². The zero-order valence-electron chi connectivity index (χ0n) is 12.5. The van der Waals surface area contributed by atoms with Gasteiger partial charge in [0.1, 0.15) is 6.04 Å². The zero-order chi connectivity index (χ0) is 15.6. The average Bonchev–Trinajstić information content (AvgIpc) is 2.84. The lowest BCUT2D eigenvalue weighted by atomic mass is 9.99. The van der Waals surface area contributed by atoms with Gasteiger partial charge in [-0.05, 0) is 12.3 Å². The van der Waals surface area contributed by atoms with Crippen LogP contribution in [0.15, 0.2) is 0 Å². The van der Waals surface area contributed by atoms with E-state index >= 15 is 0 Å². The fourth-order valence-corrected chi connectivity index (χ4v) is 2.96. The van der Waals surface area contributed by atoms with Crippen molar-refractivity contribution >= 4 is 17.9 Å². The summed E-state index contributed by atoms with van der Waals surface area (Å²) in [6.45, 7) is 5.20. The van der Waals surface area contributed by atoms with Crippen LogP contribution in [0.3, 0.4) is 0 Å². The molecule has 0 aromatic rings. The maximum Gasteiger partial charge on any atom is 0.326 e. The van der Waals surface area contributed by atoms with Crippen molar-refractivity contribution in [3.63, 3.8) is 0 Å². The summed E-state index contributed by atoms with van der Waals surface area (Å²) >= 11 is 0. The number of aliphatic carboxylic acids is 1. The Morgan fingerprint density at radius 1 is 1.43 bits per heavy atom. The molecule has 0 bridgehead atoms. The Morgan fingerprint density at radius 2 is 2.14 bits per heavy atom. The van der Waals surface area contributed by atoms with E-state index in [0.29, 0.717) is 32.5 Å². The first-order valence-electron chi connectivity index (χ1n) is 7.51. The number of carbonyl (C=O) groups excluding carboxylic acids is 2. The van der Waals surface area contributed by atoms with E-state index in [2.05, 4.69) is 5.32 Å². The molecular formula is C14H23N3O4. The number of carboxylic acids is 1. The van der Waals surface area contributed by atoms with E-state index in [9.17, 15) is 19.5 Å². The molecule has 21 heavy (non-hydrogen) atoms. The number of fused-ring (bicyclic) bond motifs is 1. The van der Waals surface area contributed by atoms with Crippen molar-refractivity contribution in [2.45, 2.75) is 45.2 Å². The molecule has 0 radical (unpaired) electrons. The molecule has 2 rings (SSSR count). The molecule has 2 aliphatic heterocycles. The minimum atomic E-state index is -1.01. The molecule has 0 spiro atoms. The van der Waals surface area contributed by atoms with E-state index in [1.54, 1.807) is 4.90 Å². The van der Waals surface area contributed by atoms with Crippen LogP contribution in [-0.2, 0) is 9.59 Å². The Balaban J connectivity index is 1.94. The molecule has 0 aliphatic carbocycles. The fraction of sp³-hybridized carbons (Fsp3) is 0.786. The van der Waals surface area contributed by atoms with Gasteiger partial charge in [0.15, 0.2) is 0 Å². The van der Waals surface area contributed by atoms with Gasteiger partial charge >= 0.3 is 12.0 Å². The highest BCUT2D eigenvalue weighted by Crippen LogP contribution is 2.23. The van der Waals surface area contributed by atoms with Crippen LogP contribution in [0.25, 0.3) is 0 Å². The molecule has 1 unspecified atom stereocenters. The second-order valence-electron chi connectivity index (χ2n) is 5.88. The van der Waals surface area contributed by atoms with Crippen molar-refractivity contribution in [3.8, 4) is 0 Å². The second-order valence-corrected chi connectivity index (χ2v) is 5.88. The average molecular weight is 297 g/mol. The number of urea groups is 1. The number of piperazine rings is 1. The Labute approximate surface area is 124 Å². The van der Waals surface area contributed by atoms with Gasteiger partial charge < -0.3 is 20.2 Å². The third-order valence-corrected chi connectivity index (χ3v) is 4.54. The molecule has 2 aliphatic rings. The summed E-state index contributed by atoms with van der Waals surface area (Å²) in [7, 11) is 0. The molecule has 2 saturated heterocycles. The van der Waals surface area contributed by atoms with E-state index in [4.69, 9.17) is 0 Å². The Morgan fingerprint density at radius 3 is 2.76 bits per heavy atom. The first-order chi connectivity index (χ1) is 9.93. The Bertz CT molecular complexity index is 440. The number of nitrogens with one attached hydrogen (secondary N) is 1. The van der Waals surface area contributed by atoms with Gasteiger partial charge in [0.2, 0.25) is 5.91 Å². The van der Waals surface area contributed by atoms with Crippen LogP contribution in [0.1, 0.15) is 33.1 Å². The normalized spacial score (nSPS) is 24.5. The van der Waals surface area contributed by atoms with Gasteiger partial charge in [0.25, 0.3) is 0 Å². The van der Waals surface area contributed by atoms with Gasteiger partial charge in [-0.15, -0.1) is 0 Å². The SMILES string of the molecule is CC[C@H](C)[C@H](NC(=O)N1CCN2C(=O)CCC2C1)C(=O)O. The molecule has 2 fully saturated rings. The summed E-state index contributed by atoms with van der Waals surface area (Å²) in [6, 6.07) is -1.13. The van der Waals surface area contributed by atoms with Crippen molar-refractivity contribution in [2.24, 2.45) is 5.92 Å². The van der Waals surface area contributed by atoms with Crippen molar-refractivity contribution in [1.82, 2.24) is 15.1 Å². The van der Waals surface area contributed by atoms with Crippen LogP contribution in [-0.4, -0.2) is 64.5 Å². The highest BCUT2D eigenvalue weighted by Gasteiger charge is 2.37. The minimum absolute atomic E-state index is 0.0869. The van der Waals surface area contributed by atoms with Crippen LogP contribution >= 0.6 is 0 Å². The standard InChI is InChI=1S/C14H23N3O4/c1-3-9(2)12(13(19)20)15-14(21)16-6-7-17-10(8-16)4-5-11(17)18/h9-10,12H,3-8H2,1-2H3,(H,15,21)(H,19,20)/t9-,10?,12-/m0/s1. The molecule has 3 atom stereocenters. The van der Waals surface area contributed by atoms with Gasteiger partial charge in [-0.1, -0.05) is 20.3 Å². The lowest BCUT2D eigenvalue weighted by molar-refractivity contribution is -0.140. The lowest BCUT2D eigenvalue weighted by Crippen LogP contribution is -2.58. The summed E-state index contributed by atoms with van der Waals surface area (Å²) in [5, 5.41) is 11.8. The van der Waals surface area contributed by atoms with Gasteiger partial charge in [-0.2, -0.15) is 0 Å². The van der Waals surface area contributed by atoms with Crippen molar-refractivity contribution < 1.29 is 19.5 Å². The number of carbonyl (C=O) groups is 3. The zero-order valence-corrected chi connectivity index (χ0v) is 12.5. The number of nitrogens with zero attached hydrogens (tertiary/aromatic N) is 2. The first kappa shape index (κ1) is 15.6. The van der Waals surface area contributed by atoms with Crippen LogP contribution in [0.2, 0.25) is 0 Å². The summed E-state index contributed by atoms with van der Waals surface area (Å²) in [4.78, 5) is 38.6. The predicted octanol–water partition coefficient (Wildman–Crippen LogP) is 0.502. The molecule has 7 heteroatoms.